The van der Waals surface area contributed by atoms with Crippen molar-refractivity contribution < 1.29 is 9.32 Å². The molecule has 0 saturated heterocycles. The Balaban J connectivity index is 1.58. The van der Waals surface area contributed by atoms with Crippen LogP contribution < -0.4 is 5.32 Å². The number of fused-ring (bicyclic) bond motifs is 1. The molecule has 8 heteroatoms. The van der Waals surface area contributed by atoms with E-state index in [1.165, 1.54) is 0 Å². The average Bonchev–Trinajstić information content (AvgIpc) is 3.37. The molecule has 1 amide bonds. The van der Waals surface area contributed by atoms with Gasteiger partial charge in [0.05, 0.1) is 16.7 Å². The summed E-state index contributed by atoms with van der Waals surface area (Å²) in [5.74, 6) is 1.15. The first kappa shape index (κ1) is 18.9. The fourth-order valence-electron chi connectivity index (χ4n) is 3.55. The van der Waals surface area contributed by atoms with Crippen LogP contribution in [0, 0.1) is 6.92 Å². The molecule has 8 nitrogen and oxygen atoms in total. The smallest absolute Gasteiger partial charge is 0.294 e. The van der Waals surface area contributed by atoms with Crippen molar-refractivity contribution in [2.45, 2.75) is 40.2 Å². The molecular formula is C21H24N6O2. The van der Waals surface area contributed by atoms with Crippen LogP contribution in [0.5, 0.6) is 0 Å². The number of carbonyl (C=O) groups excluding carboxylic acids is 1. The molecule has 3 aromatic heterocycles. The van der Waals surface area contributed by atoms with Crippen molar-refractivity contribution in [3.63, 3.8) is 0 Å². The summed E-state index contributed by atoms with van der Waals surface area (Å²) in [4.78, 5) is 17.4. The maximum atomic E-state index is 12.6. The fraction of sp³-hybridized carbons (Fsp3) is 0.333. The molecule has 29 heavy (non-hydrogen) atoms. The predicted octanol–water partition coefficient (Wildman–Crippen LogP) is 4.13. The van der Waals surface area contributed by atoms with E-state index in [1.54, 1.807) is 10.7 Å². The summed E-state index contributed by atoms with van der Waals surface area (Å²) in [6.07, 6.45) is 1.85. The second kappa shape index (κ2) is 7.20. The van der Waals surface area contributed by atoms with E-state index < -0.39 is 0 Å². The van der Waals surface area contributed by atoms with Crippen molar-refractivity contribution in [3.8, 4) is 11.3 Å². The molecule has 0 aliphatic carbocycles. The minimum atomic E-state index is -0.358. The normalized spacial score (nSPS) is 11.5. The molecule has 0 fully saturated rings. The lowest BCUT2D eigenvalue weighted by Gasteiger charge is -2.08. The van der Waals surface area contributed by atoms with Crippen molar-refractivity contribution in [3.05, 3.63) is 47.7 Å². The summed E-state index contributed by atoms with van der Waals surface area (Å²) in [6, 6.07) is 7.37. The third-order valence-corrected chi connectivity index (χ3v) is 4.89. The number of nitrogens with one attached hydrogen (secondary N) is 1. The molecule has 150 valence electrons. The van der Waals surface area contributed by atoms with Gasteiger partial charge in [-0.15, -0.1) is 0 Å². The molecule has 0 bridgehead atoms. The third kappa shape index (κ3) is 3.41. The maximum Gasteiger partial charge on any atom is 0.294 e. The van der Waals surface area contributed by atoms with Gasteiger partial charge in [0, 0.05) is 43.0 Å². The van der Waals surface area contributed by atoms with Gasteiger partial charge in [0.1, 0.15) is 11.5 Å². The van der Waals surface area contributed by atoms with Gasteiger partial charge in [0.2, 0.25) is 5.76 Å². The molecule has 4 aromatic rings. The third-order valence-electron chi connectivity index (χ3n) is 4.89. The summed E-state index contributed by atoms with van der Waals surface area (Å²) in [7, 11) is 1.84. The summed E-state index contributed by atoms with van der Waals surface area (Å²) in [5, 5.41) is 11.2. The van der Waals surface area contributed by atoms with E-state index in [0.717, 1.165) is 34.7 Å². The summed E-state index contributed by atoms with van der Waals surface area (Å²) < 4.78 is 9.16. The number of amides is 1. The Kier molecular flexibility index (Phi) is 4.70. The zero-order valence-electron chi connectivity index (χ0n) is 17.2. The molecule has 0 atom stereocenters. The molecule has 0 radical (unpaired) electrons. The van der Waals surface area contributed by atoms with Gasteiger partial charge in [0.25, 0.3) is 5.91 Å². The SMILES string of the molecule is CCn1c(C(C)C)nc2cc(NC(=O)c3cc(-c4cn(C)nc4C)no3)ccc21. The van der Waals surface area contributed by atoms with Crippen molar-refractivity contribution >= 4 is 22.6 Å². The van der Waals surface area contributed by atoms with Crippen molar-refractivity contribution in [1.82, 2.24) is 24.5 Å². The lowest BCUT2D eigenvalue weighted by Crippen LogP contribution is -2.10. The Labute approximate surface area is 168 Å². The van der Waals surface area contributed by atoms with E-state index >= 15 is 0 Å². The Morgan fingerprint density at radius 2 is 2.07 bits per heavy atom. The molecule has 0 aliphatic heterocycles. The van der Waals surface area contributed by atoms with E-state index in [0.29, 0.717) is 17.3 Å². The first-order valence-electron chi connectivity index (χ1n) is 9.66. The van der Waals surface area contributed by atoms with Crippen LogP contribution in [0.25, 0.3) is 22.3 Å². The zero-order valence-corrected chi connectivity index (χ0v) is 17.2. The van der Waals surface area contributed by atoms with Gasteiger partial charge in [0.15, 0.2) is 0 Å². The quantitative estimate of drug-likeness (QED) is 0.551. The van der Waals surface area contributed by atoms with Gasteiger partial charge < -0.3 is 14.4 Å². The molecule has 0 spiro atoms. The molecule has 0 aliphatic rings. The highest BCUT2D eigenvalue weighted by Crippen LogP contribution is 2.26. The van der Waals surface area contributed by atoms with Crippen molar-refractivity contribution in [2.75, 3.05) is 5.32 Å². The van der Waals surface area contributed by atoms with Crippen molar-refractivity contribution in [1.29, 1.82) is 0 Å². The van der Waals surface area contributed by atoms with Crippen LogP contribution in [0.3, 0.4) is 0 Å². The molecule has 4 rings (SSSR count). The van der Waals surface area contributed by atoms with Gasteiger partial charge in [-0.1, -0.05) is 19.0 Å². The number of carbonyl (C=O) groups is 1. The Morgan fingerprint density at radius 1 is 1.28 bits per heavy atom. The van der Waals surface area contributed by atoms with Crippen LogP contribution >= 0.6 is 0 Å². The number of aromatic nitrogens is 5. The number of hydrogen-bond donors (Lipinski definition) is 1. The summed E-state index contributed by atoms with van der Waals surface area (Å²) in [5.41, 5.74) is 4.82. The molecule has 1 aromatic carbocycles. The molecule has 0 saturated carbocycles. The maximum absolute atomic E-state index is 12.6. The Hall–Kier alpha value is -3.42. The van der Waals surface area contributed by atoms with Crippen LogP contribution in [0.2, 0.25) is 0 Å². The highest BCUT2D eigenvalue weighted by atomic mass is 16.5. The summed E-state index contributed by atoms with van der Waals surface area (Å²) in [6.45, 7) is 9.10. The molecule has 0 unspecified atom stereocenters. The van der Waals surface area contributed by atoms with Gasteiger partial charge in [-0.2, -0.15) is 5.10 Å². The van der Waals surface area contributed by atoms with Crippen LogP contribution in [-0.2, 0) is 13.6 Å². The number of aryl methyl sites for hydroxylation is 3. The largest absolute Gasteiger partial charge is 0.350 e. The summed E-state index contributed by atoms with van der Waals surface area (Å²) >= 11 is 0. The topological polar surface area (TPSA) is 90.8 Å². The van der Waals surface area contributed by atoms with Crippen LogP contribution in [0.4, 0.5) is 5.69 Å². The Bertz CT molecular complexity index is 1200. The second-order valence-corrected chi connectivity index (χ2v) is 7.40. The molecule has 1 N–H and O–H groups in total. The zero-order chi connectivity index (χ0) is 20.7. The first-order chi connectivity index (χ1) is 13.9. The number of nitrogens with zero attached hydrogens (tertiary/aromatic N) is 5. The highest BCUT2D eigenvalue weighted by molar-refractivity contribution is 6.03. The fourth-order valence-corrected chi connectivity index (χ4v) is 3.55. The van der Waals surface area contributed by atoms with E-state index in [-0.39, 0.29) is 11.7 Å². The standard InChI is InChI=1S/C21H24N6O2/c1-6-27-18-8-7-14(9-17(18)23-20(27)12(2)3)22-21(28)19-10-16(25-29-19)15-11-26(5)24-13(15)4/h7-12H,6H2,1-5H3,(H,22,28). The molecular weight excluding hydrogens is 368 g/mol. The lowest BCUT2D eigenvalue weighted by atomic mass is 10.2. The lowest BCUT2D eigenvalue weighted by molar-refractivity contribution is 0.0988. The van der Waals surface area contributed by atoms with Crippen LogP contribution in [0.1, 0.15) is 48.8 Å². The van der Waals surface area contributed by atoms with Gasteiger partial charge in [-0.3, -0.25) is 9.48 Å². The number of anilines is 1. The minimum absolute atomic E-state index is 0.144. The number of benzene rings is 1. The second-order valence-electron chi connectivity index (χ2n) is 7.40. The number of hydrogen-bond acceptors (Lipinski definition) is 5. The monoisotopic (exact) mass is 392 g/mol. The van der Waals surface area contributed by atoms with E-state index in [2.05, 4.69) is 40.9 Å². The van der Waals surface area contributed by atoms with Crippen molar-refractivity contribution in [2.24, 2.45) is 7.05 Å². The number of rotatable bonds is 5. The van der Waals surface area contributed by atoms with E-state index in [9.17, 15) is 4.79 Å². The predicted molar refractivity (Wildman–Crippen MR) is 111 cm³/mol. The average molecular weight is 392 g/mol. The number of imidazole rings is 1. The van der Waals surface area contributed by atoms with Gasteiger partial charge in [-0.05, 0) is 32.0 Å². The highest BCUT2D eigenvalue weighted by Gasteiger charge is 2.18. The van der Waals surface area contributed by atoms with Crippen LogP contribution in [-0.4, -0.2) is 30.4 Å². The van der Waals surface area contributed by atoms with E-state index in [4.69, 9.17) is 9.51 Å². The van der Waals surface area contributed by atoms with E-state index in [1.807, 2.05) is 38.4 Å². The van der Waals surface area contributed by atoms with Gasteiger partial charge in [-0.25, -0.2) is 4.98 Å². The van der Waals surface area contributed by atoms with Crippen LogP contribution in [0.15, 0.2) is 35.0 Å². The Morgan fingerprint density at radius 3 is 2.72 bits per heavy atom. The van der Waals surface area contributed by atoms with Gasteiger partial charge >= 0.3 is 0 Å². The minimum Gasteiger partial charge on any atom is -0.350 e. The first-order valence-corrected chi connectivity index (χ1v) is 9.66. The molecule has 3 heterocycles.